The third-order valence-corrected chi connectivity index (χ3v) is 3.44. The zero-order chi connectivity index (χ0) is 12.8. The SMILES string of the molecule is Cc1ccc(/C=N\NC(=O)C2CCCCC2)cc1. The van der Waals surface area contributed by atoms with E-state index < -0.39 is 0 Å². The lowest BCUT2D eigenvalue weighted by Gasteiger charge is -2.19. The Kier molecular flexibility index (Phi) is 4.51. The molecule has 1 amide bonds. The van der Waals surface area contributed by atoms with E-state index in [0.29, 0.717) is 0 Å². The summed E-state index contributed by atoms with van der Waals surface area (Å²) in [5, 5.41) is 4.02. The molecule has 18 heavy (non-hydrogen) atoms. The van der Waals surface area contributed by atoms with Gasteiger partial charge in [0, 0.05) is 5.92 Å². The second-order valence-corrected chi connectivity index (χ2v) is 4.98. The predicted molar refractivity (Wildman–Crippen MR) is 73.5 cm³/mol. The Morgan fingerprint density at radius 3 is 2.56 bits per heavy atom. The van der Waals surface area contributed by atoms with Crippen molar-refractivity contribution in [3.63, 3.8) is 0 Å². The van der Waals surface area contributed by atoms with Crippen LogP contribution in [0.3, 0.4) is 0 Å². The van der Waals surface area contributed by atoms with Crippen LogP contribution in [0.2, 0.25) is 0 Å². The summed E-state index contributed by atoms with van der Waals surface area (Å²) in [6, 6.07) is 8.05. The average molecular weight is 244 g/mol. The van der Waals surface area contributed by atoms with Gasteiger partial charge in [0.1, 0.15) is 0 Å². The zero-order valence-corrected chi connectivity index (χ0v) is 10.9. The maximum absolute atomic E-state index is 11.8. The third kappa shape index (κ3) is 3.69. The molecule has 1 aromatic carbocycles. The van der Waals surface area contributed by atoms with Gasteiger partial charge in [-0.2, -0.15) is 5.10 Å². The highest BCUT2D eigenvalue weighted by molar-refractivity contribution is 5.83. The fourth-order valence-corrected chi connectivity index (χ4v) is 2.28. The molecule has 0 bridgehead atoms. The molecule has 2 rings (SSSR count). The first-order valence-corrected chi connectivity index (χ1v) is 6.65. The number of carbonyl (C=O) groups is 1. The fourth-order valence-electron chi connectivity index (χ4n) is 2.28. The predicted octanol–water partition coefficient (Wildman–Crippen LogP) is 3.03. The van der Waals surface area contributed by atoms with E-state index in [1.165, 1.54) is 24.8 Å². The molecule has 0 unspecified atom stereocenters. The van der Waals surface area contributed by atoms with Gasteiger partial charge in [-0.15, -0.1) is 0 Å². The highest BCUT2D eigenvalue weighted by atomic mass is 16.2. The van der Waals surface area contributed by atoms with Crippen molar-refractivity contribution in [2.75, 3.05) is 0 Å². The quantitative estimate of drug-likeness (QED) is 0.644. The lowest BCUT2D eigenvalue weighted by molar-refractivity contribution is -0.125. The van der Waals surface area contributed by atoms with Crippen LogP contribution in [0.1, 0.15) is 43.2 Å². The van der Waals surface area contributed by atoms with Crippen LogP contribution in [0.4, 0.5) is 0 Å². The van der Waals surface area contributed by atoms with E-state index in [4.69, 9.17) is 0 Å². The molecule has 1 aromatic rings. The maximum atomic E-state index is 11.8. The van der Waals surface area contributed by atoms with E-state index in [2.05, 4.69) is 10.5 Å². The van der Waals surface area contributed by atoms with Crippen LogP contribution in [0.15, 0.2) is 29.4 Å². The molecule has 96 valence electrons. The summed E-state index contributed by atoms with van der Waals surface area (Å²) in [5.41, 5.74) is 4.87. The largest absolute Gasteiger partial charge is 0.273 e. The number of hydrogen-bond donors (Lipinski definition) is 1. The Labute approximate surface area is 108 Å². The minimum atomic E-state index is 0.0676. The molecular formula is C15H20N2O. The van der Waals surface area contributed by atoms with Gasteiger partial charge in [0.2, 0.25) is 5.91 Å². The molecular weight excluding hydrogens is 224 g/mol. The molecule has 1 fully saturated rings. The summed E-state index contributed by atoms with van der Waals surface area (Å²) in [6.07, 6.45) is 7.30. The van der Waals surface area contributed by atoms with Gasteiger partial charge in [-0.25, -0.2) is 5.43 Å². The molecule has 3 nitrogen and oxygen atoms in total. The van der Waals surface area contributed by atoms with Crippen LogP contribution < -0.4 is 5.43 Å². The molecule has 0 atom stereocenters. The van der Waals surface area contributed by atoms with Crippen LogP contribution in [-0.4, -0.2) is 12.1 Å². The summed E-state index contributed by atoms with van der Waals surface area (Å²) in [4.78, 5) is 11.8. The molecule has 1 saturated carbocycles. The highest BCUT2D eigenvalue weighted by Gasteiger charge is 2.20. The lowest BCUT2D eigenvalue weighted by Crippen LogP contribution is -2.28. The first-order valence-electron chi connectivity index (χ1n) is 6.65. The maximum Gasteiger partial charge on any atom is 0.243 e. The van der Waals surface area contributed by atoms with E-state index >= 15 is 0 Å². The number of hydrogen-bond acceptors (Lipinski definition) is 2. The smallest absolute Gasteiger partial charge is 0.243 e. The lowest BCUT2D eigenvalue weighted by atomic mass is 9.89. The summed E-state index contributed by atoms with van der Waals surface area (Å²) >= 11 is 0. The molecule has 0 heterocycles. The minimum absolute atomic E-state index is 0.0676. The number of benzene rings is 1. The first kappa shape index (κ1) is 12.8. The number of amides is 1. The van der Waals surface area contributed by atoms with Crippen molar-refractivity contribution >= 4 is 12.1 Å². The van der Waals surface area contributed by atoms with Crippen molar-refractivity contribution in [2.45, 2.75) is 39.0 Å². The Balaban J connectivity index is 1.83. The van der Waals surface area contributed by atoms with Crippen LogP contribution >= 0.6 is 0 Å². The van der Waals surface area contributed by atoms with Crippen LogP contribution in [0, 0.1) is 12.8 Å². The van der Waals surface area contributed by atoms with Gasteiger partial charge >= 0.3 is 0 Å². The first-order chi connectivity index (χ1) is 8.75. The Bertz CT molecular complexity index is 417. The highest BCUT2D eigenvalue weighted by Crippen LogP contribution is 2.23. The molecule has 1 N–H and O–H groups in total. The van der Waals surface area contributed by atoms with Gasteiger partial charge in [-0.3, -0.25) is 4.79 Å². The van der Waals surface area contributed by atoms with Gasteiger partial charge in [-0.1, -0.05) is 49.1 Å². The molecule has 0 radical (unpaired) electrons. The van der Waals surface area contributed by atoms with E-state index in [0.717, 1.165) is 18.4 Å². The van der Waals surface area contributed by atoms with Crippen molar-refractivity contribution in [1.82, 2.24) is 5.43 Å². The number of aryl methyl sites for hydroxylation is 1. The molecule has 0 aliphatic heterocycles. The summed E-state index contributed by atoms with van der Waals surface area (Å²) in [5.74, 6) is 0.229. The minimum Gasteiger partial charge on any atom is -0.273 e. The Morgan fingerprint density at radius 1 is 1.22 bits per heavy atom. The summed E-state index contributed by atoms with van der Waals surface area (Å²) in [6.45, 7) is 2.05. The molecule has 0 aromatic heterocycles. The normalized spacial score (nSPS) is 16.9. The second-order valence-electron chi connectivity index (χ2n) is 4.98. The van der Waals surface area contributed by atoms with Crippen molar-refractivity contribution in [3.8, 4) is 0 Å². The topological polar surface area (TPSA) is 41.5 Å². The molecule has 0 spiro atoms. The van der Waals surface area contributed by atoms with E-state index in [1.54, 1.807) is 6.21 Å². The van der Waals surface area contributed by atoms with Crippen LogP contribution in [0.5, 0.6) is 0 Å². The van der Waals surface area contributed by atoms with Gasteiger partial charge in [0.05, 0.1) is 6.21 Å². The number of hydrazone groups is 1. The van der Waals surface area contributed by atoms with Crippen molar-refractivity contribution in [2.24, 2.45) is 11.0 Å². The Morgan fingerprint density at radius 2 is 1.89 bits per heavy atom. The van der Waals surface area contributed by atoms with Gasteiger partial charge < -0.3 is 0 Å². The zero-order valence-electron chi connectivity index (χ0n) is 10.9. The van der Waals surface area contributed by atoms with Crippen molar-refractivity contribution < 1.29 is 4.79 Å². The monoisotopic (exact) mass is 244 g/mol. The van der Waals surface area contributed by atoms with Gasteiger partial charge in [-0.05, 0) is 25.3 Å². The number of nitrogens with one attached hydrogen (secondary N) is 1. The molecule has 3 heteroatoms. The van der Waals surface area contributed by atoms with Gasteiger partial charge in [0.15, 0.2) is 0 Å². The average Bonchev–Trinajstić information content (AvgIpc) is 2.42. The fraction of sp³-hybridized carbons (Fsp3) is 0.467. The summed E-state index contributed by atoms with van der Waals surface area (Å²) < 4.78 is 0. The summed E-state index contributed by atoms with van der Waals surface area (Å²) in [7, 11) is 0. The molecule has 1 aliphatic rings. The van der Waals surface area contributed by atoms with E-state index in [1.807, 2.05) is 31.2 Å². The second kappa shape index (κ2) is 6.34. The standard InChI is InChI=1S/C15H20N2O/c1-12-7-9-13(10-8-12)11-16-17-15(18)14-5-3-2-4-6-14/h7-11,14H,2-6H2,1H3,(H,17,18)/b16-11-. The van der Waals surface area contributed by atoms with Crippen molar-refractivity contribution in [1.29, 1.82) is 0 Å². The van der Waals surface area contributed by atoms with Gasteiger partial charge in [0.25, 0.3) is 0 Å². The number of nitrogens with zero attached hydrogens (tertiary/aromatic N) is 1. The molecule has 1 aliphatic carbocycles. The third-order valence-electron chi connectivity index (χ3n) is 3.44. The van der Waals surface area contributed by atoms with Crippen molar-refractivity contribution in [3.05, 3.63) is 35.4 Å². The van der Waals surface area contributed by atoms with Crippen LogP contribution in [0.25, 0.3) is 0 Å². The van der Waals surface area contributed by atoms with E-state index in [-0.39, 0.29) is 11.8 Å². The molecule has 0 saturated heterocycles. The van der Waals surface area contributed by atoms with E-state index in [9.17, 15) is 4.79 Å². The van der Waals surface area contributed by atoms with Crippen LogP contribution in [-0.2, 0) is 4.79 Å². The Hall–Kier alpha value is -1.64. The number of rotatable bonds is 3. The number of carbonyl (C=O) groups excluding carboxylic acids is 1.